The Morgan fingerprint density at radius 3 is 2.64 bits per heavy atom. The molecule has 1 fully saturated rings. The van der Waals surface area contributed by atoms with E-state index in [0.29, 0.717) is 5.69 Å². The SMILES string of the molecule is O=C(c1nn(-c2ccc(F)cc2)cc1O)N(CCO)C1CC1. The van der Waals surface area contributed by atoms with Crippen LogP contribution in [0.4, 0.5) is 4.39 Å². The number of hydrogen-bond donors (Lipinski definition) is 2. The molecule has 1 aliphatic carbocycles. The molecule has 0 saturated heterocycles. The average Bonchev–Trinajstić information content (AvgIpc) is 3.27. The van der Waals surface area contributed by atoms with Gasteiger partial charge in [0.15, 0.2) is 11.4 Å². The first-order valence-corrected chi connectivity index (χ1v) is 7.06. The van der Waals surface area contributed by atoms with Gasteiger partial charge in [-0.2, -0.15) is 5.10 Å². The van der Waals surface area contributed by atoms with Crippen molar-refractivity contribution in [1.29, 1.82) is 0 Å². The smallest absolute Gasteiger partial charge is 0.278 e. The molecule has 6 nitrogen and oxygen atoms in total. The lowest BCUT2D eigenvalue weighted by Crippen LogP contribution is -2.35. The lowest BCUT2D eigenvalue weighted by molar-refractivity contribution is 0.0698. The second-order valence-electron chi connectivity index (χ2n) is 5.24. The quantitative estimate of drug-likeness (QED) is 0.873. The minimum Gasteiger partial charge on any atom is -0.504 e. The number of halogens is 1. The zero-order chi connectivity index (χ0) is 15.7. The van der Waals surface area contributed by atoms with E-state index in [2.05, 4.69) is 5.10 Å². The van der Waals surface area contributed by atoms with Crippen molar-refractivity contribution in [3.8, 4) is 11.4 Å². The molecule has 1 heterocycles. The Bertz CT molecular complexity index is 680. The number of carbonyl (C=O) groups excluding carboxylic acids is 1. The highest BCUT2D eigenvalue weighted by Gasteiger charge is 2.34. The number of aliphatic hydroxyl groups excluding tert-OH is 1. The summed E-state index contributed by atoms with van der Waals surface area (Å²) in [6.07, 6.45) is 3.10. The van der Waals surface area contributed by atoms with Crippen molar-refractivity contribution < 1.29 is 19.4 Å². The largest absolute Gasteiger partial charge is 0.504 e. The molecule has 2 aromatic rings. The molecule has 0 atom stereocenters. The molecule has 1 aliphatic rings. The average molecular weight is 305 g/mol. The van der Waals surface area contributed by atoms with Crippen LogP contribution < -0.4 is 0 Å². The standard InChI is InChI=1S/C15H16FN3O3/c16-10-1-3-12(4-2-10)19-9-13(21)14(17-19)15(22)18(7-8-20)11-5-6-11/h1-4,9,11,20-21H,5-8H2. The number of benzene rings is 1. The van der Waals surface area contributed by atoms with Crippen LogP contribution in [0.1, 0.15) is 23.3 Å². The summed E-state index contributed by atoms with van der Waals surface area (Å²) in [4.78, 5) is 14.0. The lowest BCUT2D eigenvalue weighted by Gasteiger charge is -2.20. The Morgan fingerprint density at radius 2 is 2.05 bits per heavy atom. The molecule has 0 unspecified atom stereocenters. The number of amides is 1. The fraction of sp³-hybridized carbons (Fsp3) is 0.333. The van der Waals surface area contributed by atoms with E-state index in [1.165, 1.54) is 40.0 Å². The molecule has 116 valence electrons. The zero-order valence-corrected chi connectivity index (χ0v) is 11.8. The Balaban J connectivity index is 1.88. The van der Waals surface area contributed by atoms with E-state index in [9.17, 15) is 14.3 Å². The van der Waals surface area contributed by atoms with E-state index in [1.807, 2.05) is 0 Å². The minimum atomic E-state index is -0.407. The third kappa shape index (κ3) is 2.80. The number of carbonyl (C=O) groups is 1. The van der Waals surface area contributed by atoms with Gasteiger partial charge in [-0.1, -0.05) is 0 Å². The number of aliphatic hydroxyl groups is 1. The summed E-state index contributed by atoms with van der Waals surface area (Å²) < 4.78 is 14.3. The summed E-state index contributed by atoms with van der Waals surface area (Å²) in [6, 6.07) is 5.66. The predicted molar refractivity (Wildman–Crippen MR) is 76.3 cm³/mol. The molecule has 1 aromatic heterocycles. The Hall–Kier alpha value is -2.41. The maximum absolute atomic E-state index is 12.9. The highest BCUT2D eigenvalue weighted by Crippen LogP contribution is 2.29. The first-order valence-electron chi connectivity index (χ1n) is 7.06. The maximum atomic E-state index is 12.9. The molecule has 7 heteroatoms. The number of hydrogen-bond acceptors (Lipinski definition) is 4. The van der Waals surface area contributed by atoms with Crippen LogP contribution >= 0.6 is 0 Å². The number of aromatic hydroxyl groups is 1. The van der Waals surface area contributed by atoms with Gasteiger partial charge < -0.3 is 15.1 Å². The predicted octanol–water partition coefficient (Wildman–Crippen LogP) is 1.31. The zero-order valence-electron chi connectivity index (χ0n) is 11.8. The van der Waals surface area contributed by atoms with Crippen molar-refractivity contribution in [3.63, 3.8) is 0 Å². The lowest BCUT2D eigenvalue weighted by atomic mass is 10.3. The monoisotopic (exact) mass is 305 g/mol. The minimum absolute atomic E-state index is 0.0651. The summed E-state index contributed by atoms with van der Waals surface area (Å²) in [7, 11) is 0. The van der Waals surface area contributed by atoms with Gasteiger partial charge in [0.25, 0.3) is 5.91 Å². The van der Waals surface area contributed by atoms with Crippen molar-refractivity contribution >= 4 is 5.91 Å². The molecule has 1 saturated carbocycles. The fourth-order valence-electron chi connectivity index (χ4n) is 2.32. The molecule has 1 aromatic carbocycles. The van der Waals surface area contributed by atoms with E-state index in [1.54, 1.807) is 0 Å². The molecule has 1 amide bonds. The molecular formula is C15H16FN3O3. The third-order valence-electron chi connectivity index (χ3n) is 3.58. The number of rotatable bonds is 5. The van der Waals surface area contributed by atoms with Crippen molar-refractivity contribution in [2.45, 2.75) is 18.9 Å². The summed E-state index contributed by atoms with van der Waals surface area (Å²) in [5.74, 6) is -1.02. The summed E-state index contributed by atoms with van der Waals surface area (Å²) >= 11 is 0. The topological polar surface area (TPSA) is 78.6 Å². The summed E-state index contributed by atoms with van der Waals surface area (Å²) in [6.45, 7) is 0.0774. The van der Waals surface area contributed by atoms with E-state index in [0.717, 1.165) is 12.8 Å². The van der Waals surface area contributed by atoms with Crippen LogP contribution in [0.2, 0.25) is 0 Å². The van der Waals surface area contributed by atoms with Gasteiger partial charge >= 0.3 is 0 Å². The Morgan fingerprint density at radius 1 is 1.36 bits per heavy atom. The number of nitrogens with zero attached hydrogens (tertiary/aromatic N) is 3. The molecule has 0 bridgehead atoms. The summed E-state index contributed by atoms with van der Waals surface area (Å²) in [5.41, 5.74) is 0.473. The van der Waals surface area contributed by atoms with E-state index in [-0.39, 0.29) is 36.5 Å². The van der Waals surface area contributed by atoms with Crippen LogP contribution in [0.25, 0.3) is 5.69 Å². The van der Waals surface area contributed by atoms with Crippen LogP contribution in [0.15, 0.2) is 30.5 Å². The van der Waals surface area contributed by atoms with Gasteiger partial charge in [0.1, 0.15) is 5.82 Å². The first-order chi connectivity index (χ1) is 10.6. The van der Waals surface area contributed by atoms with Crippen LogP contribution in [0.5, 0.6) is 5.75 Å². The van der Waals surface area contributed by atoms with Crippen LogP contribution in [-0.4, -0.2) is 50.0 Å². The molecule has 0 spiro atoms. The third-order valence-corrected chi connectivity index (χ3v) is 3.58. The molecule has 0 aliphatic heterocycles. The van der Waals surface area contributed by atoms with E-state index in [4.69, 9.17) is 5.11 Å². The van der Waals surface area contributed by atoms with Crippen molar-refractivity contribution in [2.24, 2.45) is 0 Å². The van der Waals surface area contributed by atoms with E-state index < -0.39 is 5.91 Å². The second-order valence-corrected chi connectivity index (χ2v) is 5.24. The maximum Gasteiger partial charge on any atom is 0.278 e. The Labute approximate surface area is 126 Å². The summed E-state index contributed by atoms with van der Waals surface area (Å²) in [5, 5.41) is 23.1. The van der Waals surface area contributed by atoms with Crippen LogP contribution in [0.3, 0.4) is 0 Å². The van der Waals surface area contributed by atoms with Crippen LogP contribution in [-0.2, 0) is 0 Å². The van der Waals surface area contributed by atoms with Crippen molar-refractivity contribution in [3.05, 3.63) is 42.0 Å². The van der Waals surface area contributed by atoms with Gasteiger partial charge in [-0.05, 0) is 37.1 Å². The molecule has 3 rings (SSSR count). The first kappa shape index (κ1) is 14.5. The molecular weight excluding hydrogens is 289 g/mol. The fourth-order valence-corrected chi connectivity index (χ4v) is 2.32. The molecule has 0 radical (unpaired) electrons. The molecule has 2 N–H and O–H groups in total. The van der Waals surface area contributed by atoms with Gasteiger partial charge in [0.05, 0.1) is 18.5 Å². The highest BCUT2D eigenvalue weighted by molar-refractivity contribution is 5.95. The number of aromatic nitrogens is 2. The van der Waals surface area contributed by atoms with Gasteiger partial charge in [-0.3, -0.25) is 4.79 Å². The van der Waals surface area contributed by atoms with E-state index >= 15 is 0 Å². The van der Waals surface area contributed by atoms with Gasteiger partial charge in [0, 0.05) is 12.6 Å². The van der Waals surface area contributed by atoms with Gasteiger partial charge in [-0.15, -0.1) is 0 Å². The van der Waals surface area contributed by atoms with Crippen molar-refractivity contribution in [1.82, 2.24) is 14.7 Å². The molecule has 22 heavy (non-hydrogen) atoms. The Kier molecular flexibility index (Phi) is 3.81. The highest BCUT2D eigenvalue weighted by atomic mass is 19.1. The van der Waals surface area contributed by atoms with Crippen molar-refractivity contribution in [2.75, 3.05) is 13.2 Å². The normalized spacial score (nSPS) is 14.1. The van der Waals surface area contributed by atoms with Gasteiger partial charge in [-0.25, -0.2) is 9.07 Å². The van der Waals surface area contributed by atoms with Gasteiger partial charge in [0.2, 0.25) is 0 Å². The second kappa shape index (κ2) is 5.76. The van der Waals surface area contributed by atoms with Crippen LogP contribution in [0, 0.1) is 5.82 Å².